The molecule has 5 atom stereocenters. The molecular formula is C101H79Cl6FN18O5S5. The third-order valence-electron chi connectivity index (χ3n) is 21.4. The summed E-state index contributed by atoms with van der Waals surface area (Å²) in [6, 6.07) is 61.9. The summed E-state index contributed by atoms with van der Waals surface area (Å²) in [5, 5.41) is 55.4. The van der Waals surface area contributed by atoms with Crippen molar-refractivity contribution in [1.82, 2.24) is 89.8 Å². The Morgan fingerprint density at radius 1 is 0.353 bits per heavy atom. The van der Waals surface area contributed by atoms with E-state index in [2.05, 4.69) is 117 Å². The zero-order valence-electron chi connectivity index (χ0n) is 72.2. The van der Waals surface area contributed by atoms with Gasteiger partial charge in [-0.2, -0.15) is 4.39 Å². The van der Waals surface area contributed by atoms with E-state index in [0.717, 1.165) is 139 Å². The van der Waals surface area contributed by atoms with E-state index in [1.807, 2.05) is 146 Å². The average molecular weight is 2020 g/mol. The maximum Gasteiger partial charge on any atom is 0.213 e. The number of nitrogens with zero attached hydrogens (tertiary/aromatic N) is 12. The van der Waals surface area contributed by atoms with Gasteiger partial charge in [0.15, 0.2) is 0 Å². The molecule has 35 heteroatoms. The monoisotopic (exact) mass is 2010 g/mol. The second-order valence-electron chi connectivity index (χ2n) is 30.8. The predicted molar refractivity (Wildman–Crippen MR) is 543 cm³/mol. The van der Waals surface area contributed by atoms with Gasteiger partial charge in [-0.15, -0.1) is 56.7 Å². The maximum absolute atomic E-state index is 13.5. The lowest BCUT2D eigenvalue weighted by Crippen LogP contribution is -2.29. The second kappa shape index (κ2) is 43.9. The fourth-order valence-corrected chi connectivity index (χ4v) is 21.5. The van der Waals surface area contributed by atoms with Crippen LogP contribution in [0.5, 0.6) is 0 Å². The van der Waals surface area contributed by atoms with Crippen LogP contribution in [-0.2, 0) is 0 Å². The molecule has 23 nitrogen and oxygen atoms in total. The second-order valence-corrected chi connectivity index (χ2v) is 38.7. The molecule has 0 bridgehead atoms. The smallest absolute Gasteiger partial charge is 0.213 e. The quantitative estimate of drug-likeness (QED) is 0.0266. The summed E-state index contributed by atoms with van der Waals surface area (Å²) in [4.78, 5) is 67.5. The van der Waals surface area contributed by atoms with Gasteiger partial charge < -0.3 is 55.2 Å². The molecule has 21 aromatic rings. The number of rotatable bonds is 23. The van der Waals surface area contributed by atoms with Crippen molar-refractivity contribution in [1.29, 1.82) is 0 Å². The van der Waals surface area contributed by atoms with Crippen LogP contribution >= 0.6 is 126 Å². The zero-order chi connectivity index (χ0) is 94.5. The van der Waals surface area contributed by atoms with E-state index >= 15 is 0 Å². The van der Waals surface area contributed by atoms with Gasteiger partial charge in [0.1, 0.15) is 76.6 Å². The van der Waals surface area contributed by atoms with Crippen molar-refractivity contribution >= 4 is 126 Å². The van der Waals surface area contributed by atoms with E-state index in [1.54, 1.807) is 187 Å². The molecule has 0 aliphatic rings. The van der Waals surface area contributed by atoms with Gasteiger partial charge in [-0.1, -0.05) is 135 Å². The number of aryl methyl sites for hydroxylation is 2. The number of pyridine rings is 4. The first kappa shape index (κ1) is 94.9. The van der Waals surface area contributed by atoms with Crippen LogP contribution in [0.15, 0.2) is 316 Å². The fourth-order valence-electron chi connectivity index (χ4n) is 14.8. The molecule has 5 aromatic carbocycles. The highest BCUT2D eigenvalue weighted by atomic mass is 35.5. The highest BCUT2D eigenvalue weighted by Crippen LogP contribution is 2.49. The Labute approximate surface area is 829 Å². The van der Waals surface area contributed by atoms with Crippen LogP contribution in [0, 0.1) is 19.8 Å². The molecule has 0 aliphatic heterocycles. The number of hydrogen-bond acceptors (Lipinski definition) is 22. The van der Waals surface area contributed by atoms with Gasteiger partial charge in [0.2, 0.25) is 5.95 Å². The number of halogens is 7. The fraction of sp³-hybridized carbons (Fsp3) is 0.0990. The van der Waals surface area contributed by atoms with E-state index in [0.29, 0.717) is 59.6 Å². The van der Waals surface area contributed by atoms with Crippen molar-refractivity contribution in [2.24, 2.45) is 0 Å². The third-order valence-corrected chi connectivity index (χ3v) is 28.8. The number of aliphatic hydroxyl groups excluding tert-OH is 4. The number of imidazole rings is 6. The Balaban J connectivity index is 0.000000118. The summed E-state index contributed by atoms with van der Waals surface area (Å²) in [7, 11) is 0. The number of benzene rings is 5. The molecular weight excluding hydrogens is 1940 g/mol. The summed E-state index contributed by atoms with van der Waals surface area (Å²) in [6.45, 7) is 8.11. The molecule has 0 amide bonds. The number of aromatic amines is 5. The zero-order valence-corrected chi connectivity index (χ0v) is 80.8. The SMILES string of the molecule is CC(C)NC(c1ccc(Cl)cc1)c1cc(-c2ccncc2)sc1-c1ncc[nH]1.Cc1noc(C)c1-c1cc(C(O)c2ccc(Cl)cc2)c(-c2ncc[nH]2)s1.OC(c1ccc(Cl)cc1)c1cc(-c2ccnc(-n3ccnc3)c2)sc1-c1ncc[nH]1.O[C@@H](c1ccc(Cl)cc1)c1cc(-c2ccnc(F)c2)sc1-c1ncc[nH]1.O[C@H](c1ccc(Cl)cc1)c1cc(-c2ccnc(Cl)c2)sc1-c1ncc[nH]1. The summed E-state index contributed by atoms with van der Waals surface area (Å²) < 4.78 is 20.7. The molecule has 16 heterocycles. The first-order valence-electron chi connectivity index (χ1n) is 42.0. The minimum atomic E-state index is -0.857. The van der Waals surface area contributed by atoms with Gasteiger partial charge in [0, 0.05) is 189 Å². The normalized spacial score (nSPS) is 12.3. The maximum atomic E-state index is 13.5. The van der Waals surface area contributed by atoms with E-state index in [4.69, 9.17) is 74.1 Å². The molecule has 0 spiro atoms. The van der Waals surface area contributed by atoms with E-state index in [9.17, 15) is 24.8 Å². The van der Waals surface area contributed by atoms with E-state index in [-0.39, 0.29) is 6.04 Å². The van der Waals surface area contributed by atoms with Gasteiger partial charge in [-0.3, -0.25) is 9.55 Å². The first-order chi connectivity index (χ1) is 66.1. The van der Waals surface area contributed by atoms with Crippen LogP contribution in [0.2, 0.25) is 30.3 Å². The van der Waals surface area contributed by atoms with Crippen molar-refractivity contribution in [3.63, 3.8) is 0 Å². The minimum absolute atomic E-state index is 0.0317. The van der Waals surface area contributed by atoms with Gasteiger partial charge in [-0.05, 0) is 217 Å². The molecule has 21 rings (SSSR count). The lowest BCUT2D eigenvalue weighted by Gasteiger charge is -2.22. The summed E-state index contributed by atoms with van der Waals surface area (Å²) in [5.74, 6) is 4.66. The largest absolute Gasteiger partial charge is 0.384 e. The number of aromatic nitrogens is 17. The van der Waals surface area contributed by atoms with Gasteiger partial charge in [0.05, 0.1) is 41.7 Å². The number of H-pyrrole nitrogens is 5. The lowest BCUT2D eigenvalue weighted by atomic mass is 9.97. The Kier molecular flexibility index (Phi) is 30.6. The summed E-state index contributed by atoms with van der Waals surface area (Å²) in [6.07, 6.45) is 28.0. The van der Waals surface area contributed by atoms with Crippen LogP contribution in [0.4, 0.5) is 4.39 Å². The van der Waals surface area contributed by atoms with Crippen LogP contribution in [0.3, 0.4) is 0 Å². The van der Waals surface area contributed by atoms with Gasteiger partial charge in [0.25, 0.3) is 0 Å². The Morgan fingerprint density at radius 2 is 0.691 bits per heavy atom. The lowest BCUT2D eigenvalue weighted by molar-refractivity contribution is 0.221. The molecule has 136 heavy (non-hydrogen) atoms. The van der Waals surface area contributed by atoms with Crippen molar-refractivity contribution in [3.8, 4) is 112 Å². The molecule has 0 radical (unpaired) electrons. The van der Waals surface area contributed by atoms with Crippen molar-refractivity contribution in [2.75, 3.05) is 0 Å². The molecule has 16 aromatic heterocycles. The van der Waals surface area contributed by atoms with Gasteiger partial charge >= 0.3 is 0 Å². The number of nitrogens with one attached hydrogen (secondary N) is 6. The van der Waals surface area contributed by atoms with Gasteiger partial charge in [-0.25, -0.2) is 44.9 Å². The van der Waals surface area contributed by atoms with Crippen molar-refractivity contribution in [2.45, 2.75) is 64.2 Å². The Morgan fingerprint density at radius 3 is 1.04 bits per heavy atom. The van der Waals surface area contributed by atoms with Crippen molar-refractivity contribution in [3.05, 3.63) is 415 Å². The molecule has 3 unspecified atom stereocenters. The van der Waals surface area contributed by atoms with Crippen LogP contribution in [0.25, 0.3) is 112 Å². The minimum Gasteiger partial charge on any atom is -0.384 e. The summed E-state index contributed by atoms with van der Waals surface area (Å²) in [5.41, 5.74) is 14.0. The molecule has 0 saturated heterocycles. The molecule has 0 saturated carbocycles. The Bertz CT molecular complexity index is 7250. The highest BCUT2D eigenvalue weighted by Gasteiger charge is 2.30. The van der Waals surface area contributed by atoms with E-state index in [1.165, 1.54) is 50.9 Å². The van der Waals surface area contributed by atoms with E-state index < -0.39 is 30.4 Å². The molecule has 0 aliphatic carbocycles. The number of thiophene rings is 5. The number of aliphatic hydroxyl groups is 4. The Hall–Kier alpha value is -12.9. The topological polar surface area (TPSA) is 332 Å². The summed E-state index contributed by atoms with van der Waals surface area (Å²) >= 11 is 43.9. The molecule has 10 N–H and O–H groups in total. The first-order valence-corrected chi connectivity index (χ1v) is 48.4. The third kappa shape index (κ3) is 22.6. The number of hydrogen-bond donors (Lipinski definition) is 10. The molecule has 0 fully saturated rings. The highest BCUT2D eigenvalue weighted by molar-refractivity contribution is 7.20. The van der Waals surface area contributed by atoms with Crippen LogP contribution in [-0.4, -0.2) is 111 Å². The average Bonchev–Trinajstić information content (AvgIpc) is 1.64. The van der Waals surface area contributed by atoms with Crippen LogP contribution < -0.4 is 5.32 Å². The van der Waals surface area contributed by atoms with Crippen LogP contribution in [0.1, 0.15) is 111 Å². The standard InChI is InChI=1S/C22H16ClN5OS.C22H21ClN4S.C19H13Cl2N3OS.C19H13ClFN3OS.C19H16ClN3O2S/c23-16-3-1-14(2-4-16)20(29)17-12-18(30-21(17)22-26-7-8-27-22)15-5-6-25-19(11-15)28-10-9-24-13-28;1-14(2)27-20(16-3-5-17(23)6-4-16)18-13-19(15-7-9-24-10-8-15)28-21(18)22-25-11-12-26-22;2*20-13-3-1-11(2-4-13)17(25)14-10-15(12-5-6-22-16(21)9-12)26-18(14)19-23-7-8-24-19;1-10-16(11(2)25-23-10)15-9-14(18(26-15)19-21-7-8-22-19)17(24)12-3-5-13(20)6-4-12/h1-13,20,29H,(H,26,27);3-14,20,27H,1-2H3,(H,25,26);2*1-10,17,25H,(H,23,24);3-9,17,24H,1-2H3,(H,21,22)/t;;2*17-;/m..10./s1. The molecule has 682 valence electrons. The van der Waals surface area contributed by atoms with Crippen molar-refractivity contribution < 1.29 is 29.3 Å². The predicted octanol–water partition coefficient (Wildman–Crippen LogP) is 26.9.